The van der Waals surface area contributed by atoms with Crippen LogP contribution < -0.4 is 0 Å². The van der Waals surface area contributed by atoms with Crippen molar-refractivity contribution in [2.75, 3.05) is 0 Å². The second-order valence-corrected chi connectivity index (χ2v) is 10.7. The van der Waals surface area contributed by atoms with E-state index in [1.807, 2.05) is 0 Å². The van der Waals surface area contributed by atoms with Crippen LogP contribution in [0.1, 0.15) is 42.3 Å². The Morgan fingerprint density at radius 3 is 1.95 bits per heavy atom. The van der Waals surface area contributed by atoms with Crippen molar-refractivity contribution in [3.63, 3.8) is 0 Å². The van der Waals surface area contributed by atoms with Crippen molar-refractivity contribution >= 4 is 15.9 Å². The number of aromatic nitrogens is 1. The van der Waals surface area contributed by atoms with E-state index >= 15 is 0 Å². The number of aliphatic hydroxyl groups is 1. The van der Waals surface area contributed by atoms with Gasteiger partial charge in [-0.3, -0.25) is 0 Å². The van der Waals surface area contributed by atoms with Crippen LogP contribution in [0.15, 0.2) is 70.5 Å². The van der Waals surface area contributed by atoms with Crippen LogP contribution >= 0.6 is 0 Å². The summed E-state index contributed by atoms with van der Waals surface area (Å²) in [6, 6.07) is 13.6. The van der Waals surface area contributed by atoms with E-state index in [1.165, 1.54) is 34.9 Å². The smallest absolute Gasteiger partial charge is 0.369 e. The van der Waals surface area contributed by atoms with Crippen LogP contribution in [0.4, 0.5) is 26.3 Å². The van der Waals surface area contributed by atoms with Gasteiger partial charge in [-0.25, -0.2) is 8.42 Å². The van der Waals surface area contributed by atoms with E-state index in [1.54, 1.807) is 39.0 Å². The third-order valence-corrected chi connectivity index (χ3v) is 7.69. The van der Waals surface area contributed by atoms with Crippen LogP contribution in [-0.2, 0) is 15.4 Å². The van der Waals surface area contributed by atoms with Gasteiger partial charge in [0, 0.05) is 22.6 Å². The Hall–Kier alpha value is -3.56. The number of hydrogen-bond acceptors (Lipinski definition) is 4. The average molecular weight is 557 g/mol. The molecular weight excluding hydrogens is 534 g/mol. The lowest BCUT2D eigenvalue weighted by molar-refractivity contribution is -0.376. The first-order valence-corrected chi connectivity index (χ1v) is 12.6. The molecule has 0 atom stereocenters. The fourth-order valence-corrected chi connectivity index (χ4v) is 5.11. The molecule has 1 heterocycles. The van der Waals surface area contributed by atoms with Crippen LogP contribution in [0.2, 0.25) is 0 Å². The van der Waals surface area contributed by atoms with Gasteiger partial charge in [-0.2, -0.15) is 31.6 Å². The number of hydrogen-bond donors (Lipinski definition) is 1. The largest absolute Gasteiger partial charge is 0.430 e. The molecular formula is C26H22F6N2O3S. The zero-order chi connectivity index (χ0) is 28.7. The van der Waals surface area contributed by atoms with Crippen molar-refractivity contribution < 1.29 is 39.9 Å². The lowest BCUT2D eigenvalue weighted by Gasteiger charge is -2.32. The third-order valence-electron chi connectivity index (χ3n) is 6.01. The molecule has 0 saturated heterocycles. The molecule has 0 bridgehead atoms. The maximum absolute atomic E-state index is 13.3. The van der Waals surface area contributed by atoms with Crippen LogP contribution in [-0.4, -0.2) is 30.4 Å². The van der Waals surface area contributed by atoms with Crippen molar-refractivity contribution in [2.24, 2.45) is 0 Å². The number of nitrogens with zero attached hydrogens (tertiary/aromatic N) is 2. The van der Waals surface area contributed by atoms with Crippen LogP contribution in [0.5, 0.6) is 0 Å². The highest BCUT2D eigenvalue weighted by molar-refractivity contribution is 7.95. The summed E-state index contributed by atoms with van der Waals surface area (Å²) in [4.78, 5) is -0.638. The van der Waals surface area contributed by atoms with Gasteiger partial charge in [0.25, 0.3) is 5.60 Å². The summed E-state index contributed by atoms with van der Waals surface area (Å²) in [7, 11) is -4.15. The standard InChI is InChI=1S/C26H22F6N2O3S/c1-16(2)23-14-18(13-22(15-33)38(36,37)21-7-5-4-6-8-21)17(3)34(23)20-11-9-19(10-12-20)24(35,25(27,28)29)26(30,31)32/h4-14,16,35H,1-3H3/b22-13+. The molecule has 1 aromatic heterocycles. The topological polar surface area (TPSA) is 83.1 Å². The fraction of sp³-hybridized carbons (Fsp3) is 0.269. The molecule has 0 aliphatic rings. The highest BCUT2D eigenvalue weighted by atomic mass is 32.2. The highest BCUT2D eigenvalue weighted by Crippen LogP contribution is 2.50. The Bertz CT molecular complexity index is 1480. The number of alkyl halides is 6. The van der Waals surface area contributed by atoms with E-state index < -0.39 is 38.3 Å². The lowest BCUT2D eigenvalue weighted by atomic mass is 9.92. The molecule has 0 aliphatic carbocycles. The van der Waals surface area contributed by atoms with Gasteiger partial charge in [0.15, 0.2) is 0 Å². The van der Waals surface area contributed by atoms with Gasteiger partial charge in [0.1, 0.15) is 11.0 Å². The van der Waals surface area contributed by atoms with Gasteiger partial charge in [-0.05, 0) is 54.8 Å². The molecule has 202 valence electrons. The van der Waals surface area contributed by atoms with E-state index in [4.69, 9.17) is 0 Å². The summed E-state index contributed by atoms with van der Waals surface area (Å²) in [5, 5.41) is 19.3. The number of rotatable bonds is 6. The van der Waals surface area contributed by atoms with E-state index in [-0.39, 0.29) is 16.5 Å². The predicted molar refractivity (Wildman–Crippen MR) is 128 cm³/mol. The van der Waals surface area contributed by atoms with Crippen LogP contribution in [0.25, 0.3) is 11.8 Å². The molecule has 0 fully saturated rings. The second kappa shape index (κ2) is 9.96. The monoisotopic (exact) mass is 556 g/mol. The molecule has 0 unspecified atom stereocenters. The molecule has 3 rings (SSSR count). The molecule has 38 heavy (non-hydrogen) atoms. The molecule has 0 aliphatic heterocycles. The van der Waals surface area contributed by atoms with Crippen LogP contribution in [0.3, 0.4) is 0 Å². The normalized spacial score (nSPS) is 13.6. The number of allylic oxidation sites excluding steroid dienone is 1. The summed E-state index contributed by atoms with van der Waals surface area (Å²) >= 11 is 0. The van der Waals surface area contributed by atoms with E-state index in [0.29, 0.717) is 29.1 Å². The summed E-state index contributed by atoms with van der Waals surface area (Å²) in [6.45, 7) is 5.13. The Morgan fingerprint density at radius 2 is 1.50 bits per heavy atom. The Balaban J connectivity index is 2.16. The molecule has 1 N–H and O–H groups in total. The summed E-state index contributed by atoms with van der Waals surface area (Å²) in [5.74, 6) is -0.214. The van der Waals surface area contributed by atoms with Gasteiger partial charge in [0.2, 0.25) is 9.84 Å². The summed E-state index contributed by atoms with van der Waals surface area (Å²) < 4.78 is 107. The molecule has 12 heteroatoms. The molecule has 0 saturated carbocycles. The van der Waals surface area contributed by atoms with Crippen molar-refractivity contribution in [2.45, 2.75) is 49.5 Å². The minimum Gasteiger partial charge on any atom is -0.369 e. The Kier molecular flexibility index (Phi) is 7.60. The van der Waals surface area contributed by atoms with E-state index in [2.05, 4.69) is 0 Å². The van der Waals surface area contributed by atoms with Gasteiger partial charge < -0.3 is 9.67 Å². The van der Waals surface area contributed by atoms with Crippen molar-refractivity contribution in [1.82, 2.24) is 4.57 Å². The summed E-state index contributed by atoms with van der Waals surface area (Å²) in [5.41, 5.74) is -5.04. The van der Waals surface area contributed by atoms with Gasteiger partial charge in [0.05, 0.1) is 4.90 Å². The maximum atomic E-state index is 13.3. The van der Waals surface area contributed by atoms with Crippen molar-refractivity contribution in [3.05, 3.63) is 88.1 Å². The SMILES string of the molecule is Cc1c(/C=C(\C#N)S(=O)(=O)c2ccccc2)cc(C(C)C)n1-c1ccc(C(O)(C(F)(F)F)C(F)(F)F)cc1. The predicted octanol–water partition coefficient (Wildman–Crippen LogP) is 6.56. The van der Waals surface area contributed by atoms with Gasteiger partial charge in [-0.1, -0.05) is 44.2 Å². The zero-order valence-corrected chi connectivity index (χ0v) is 21.1. The number of sulfone groups is 1. The molecule has 5 nitrogen and oxygen atoms in total. The van der Waals surface area contributed by atoms with Crippen LogP contribution in [0, 0.1) is 18.3 Å². The molecule has 0 spiro atoms. The maximum Gasteiger partial charge on any atom is 0.430 e. The molecule has 0 radical (unpaired) electrons. The number of halogens is 6. The third kappa shape index (κ3) is 4.96. The number of benzene rings is 2. The molecule has 3 aromatic rings. The van der Waals surface area contributed by atoms with E-state index in [9.17, 15) is 45.1 Å². The summed E-state index contributed by atoms with van der Waals surface area (Å²) in [6.07, 6.45) is -10.9. The second-order valence-electron chi connectivity index (χ2n) is 8.79. The first-order chi connectivity index (χ1) is 17.5. The van der Waals surface area contributed by atoms with Gasteiger partial charge >= 0.3 is 12.4 Å². The minimum atomic E-state index is -6.02. The first-order valence-electron chi connectivity index (χ1n) is 11.1. The van der Waals surface area contributed by atoms with Gasteiger partial charge in [-0.15, -0.1) is 0 Å². The Labute approximate surface area is 215 Å². The highest BCUT2D eigenvalue weighted by Gasteiger charge is 2.71. The average Bonchev–Trinajstić information content (AvgIpc) is 3.17. The fourth-order valence-electron chi connectivity index (χ4n) is 3.94. The lowest BCUT2D eigenvalue weighted by Crippen LogP contribution is -2.53. The molecule has 0 amide bonds. The molecule has 2 aromatic carbocycles. The zero-order valence-electron chi connectivity index (χ0n) is 20.3. The van der Waals surface area contributed by atoms with Crippen molar-refractivity contribution in [3.8, 4) is 11.8 Å². The van der Waals surface area contributed by atoms with E-state index in [0.717, 1.165) is 12.1 Å². The quantitative estimate of drug-likeness (QED) is 0.275. The minimum absolute atomic E-state index is 0.0913. The number of nitriles is 1. The Morgan fingerprint density at radius 1 is 0.974 bits per heavy atom. The first kappa shape index (κ1) is 29.0. The van der Waals surface area contributed by atoms with Crippen molar-refractivity contribution in [1.29, 1.82) is 5.26 Å².